The Morgan fingerprint density at radius 2 is 2.18 bits per heavy atom. The summed E-state index contributed by atoms with van der Waals surface area (Å²) in [5.74, 6) is 0. The predicted molar refractivity (Wildman–Crippen MR) is 47.3 cm³/mol. The highest BCUT2D eigenvalue weighted by Crippen LogP contribution is 2.21. The summed E-state index contributed by atoms with van der Waals surface area (Å²) in [5, 5.41) is 0. The Hall–Kier alpha value is -0.720. The first-order valence-electron chi connectivity index (χ1n) is 4.57. The van der Waals surface area contributed by atoms with Gasteiger partial charge in [-0.25, -0.2) is 0 Å². The Morgan fingerprint density at radius 1 is 1.18 bits per heavy atom. The maximum atomic E-state index is 2.51. The molecule has 0 saturated carbocycles. The van der Waals surface area contributed by atoms with E-state index in [1.807, 2.05) is 0 Å². The summed E-state index contributed by atoms with van der Waals surface area (Å²) < 4.78 is 0. The Labute approximate surface area is 68.4 Å². The third-order valence-corrected chi connectivity index (χ3v) is 2.52. The van der Waals surface area contributed by atoms with Crippen LogP contribution in [0, 0.1) is 0 Å². The maximum Gasteiger partial charge on any atom is 0.0359 e. The van der Waals surface area contributed by atoms with Crippen LogP contribution in [0.2, 0.25) is 0 Å². The molecule has 0 atom stereocenters. The average molecular weight is 149 g/mol. The highest BCUT2D eigenvalue weighted by molar-refractivity contribution is 5.18. The molecule has 2 aliphatic heterocycles. The molecule has 1 fully saturated rings. The summed E-state index contributed by atoms with van der Waals surface area (Å²) in [6, 6.07) is 0. The molecule has 0 bridgehead atoms. The second kappa shape index (κ2) is 3.12. The molecular weight excluding hydrogens is 134 g/mol. The fourth-order valence-electron chi connectivity index (χ4n) is 1.85. The van der Waals surface area contributed by atoms with E-state index in [2.05, 4.69) is 23.1 Å². The van der Waals surface area contributed by atoms with E-state index >= 15 is 0 Å². The molecule has 0 aromatic heterocycles. The lowest BCUT2D eigenvalue weighted by atomic mass is 10.1. The van der Waals surface area contributed by atoms with Crippen molar-refractivity contribution in [2.45, 2.75) is 25.7 Å². The third kappa shape index (κ3) is 1.47. The minimum absolute atomic E-state index is 1.14. The first kappa shape index (κ1) is 6.96. The van der Waals surface area contributed by atoms with Crippen molar-refractivity contribution in [3.05, 3.63) is 23.9 Å². The van der Waals surface area contributed by atoms with Crippen LogP contribution in [0.5, 0.6) is 0 Å². The summed E-state index contributed by atoms with van der Waals surface area (Å²) in [6.45, 7) is 2.42. The van der Waals surface area contributed by atoms with E-state index < -0.39 is 0 Å². The molecule has 0 spiro atoms. The molecule has 0 N–H and O–H groups in total. The third-order valence-electron chi connectivity index (χ3n) is 2.52. The van der Waals surface area contributed by atoms with Crippen molar-refractivity contribution in [3.63, 3.8) is 0 Å². The molecule has 0 radical (unpaired) electrons. The largest absolute Gasteiger partial charge is 0.371 e. The predicted octanol–water partition coefficient (Wildman–Crippen LogP) is 2.32. The van der Waals surface area contributed by atoms with Crippen LogP contribution in [0.3, 0.4) is 0 Å². The van der Waals surface area contributed by atoms with Crippen LogP contribution >= 0.6 is 0 Å². The quantitative estimate of drug-likeness (QED) is 0.511. The number of hydrogen-bond acceptors (Lipinski definition) is 1. The van der Waals surface area contributed by atoms with Crippen LogP contribution in [0.15, 0.2) is 23.9 Å². The van der Waals surface area contributed by atoms with E-state index in [4.69, 9.17) is 0 Å². The molecule has 0 unspecified atom stereocenters. The number of allylic oxidation sites excluding steroid dienone is 3. The van der Waals surface area contributed by atoms with Gasteiger partial charge in [-0.2, -0.15) is 0 Å². The average Bonchev–Trinajstić information content (AvgIpc) is 2.28. The van der Waals surface area contributed by atoms with Gasteiger partial charge in [-0.3, -0.25) is 0 Å². The fraction of sp³-hybridized carbons (Fsp3) is 0.600. The van der Waals surface area contributed by atoms with Gasteiger partial charge in [-0.05, 0) is 25.3 Å². The number of hydrogen-bond donors (Lipinski definition) is 0. The summed E-state index contributed by atoms with van der Waals surface area (Å²) in [4.78, 5) is 2.51. The number of rotatable bonds is 0. The van der Waals surface area contributed by atoms with Gasteiger partial charge in [0.1, 0.15) is 0 Å². The molecular formula is C10H15N. The van der Waals surface area contributed by atoms with Crippen LogP contribution in [0.25, 0.3) is 0 Å². The molecule has 0 amide bonds. The molecule has 2 rings (SSSR count). The first-order chi connectivity index (χ1) is 5.47. The summed E-state index contributed by atoms with van der Waals surface area (Å²) >= 11 is 0. The Balaban J connectivity index is 2.11. The second-order valence-corrected chi connectivity index (χ2v) is 3.34. The van der Waals surface area contributed by atoms with Crippen molar-refractivity contribution >= 4 is 0 Å². The van der Waals surface area contributed by atoms with Crippen molar-refractivity contribution in [1.82, 2.24) is 4.90 Å². The standard InChI is InChI=1S/C10H15N/c1-2-6-10-7-3-5-9-11(10)8-4-1/h3,5,7H,1-2,4,6,8-9H2. The van der Waals surface area contributed by atoms with Gasteiger partial charge >= 0.3 is 0 Å². The second-order valence-electron chi connectivity index (χ2n) is 3.34. The lowest BCUT2D eigenvalue weighted by Crippen LogP contribution is -2.24. The summed E-state index contributed by atoms with van der Waals surface area (Å²) in [6.07, 6.45) is 12.2. The smallest absolute Gasteiger partial charge is 0.0359 e. The van der Waals surface area contributed by atoms with E-state index in [0.717, 1.165) is 6.54 Å². The minimum atomic E-state index is 1.14. The maximum absolute atomic E-state index is 2.51. The first-order valence-corrected chi connectivity index (χ1v) is 4.57. The van der Waals surface area contributed by atoms with Gasteiger partial charge in [0.25, 0.3) is 0 Å². The lowest BCUT2D eigenvalue weighted by Gasteiger charge is -2.25. The minimum Gasteiger partial charge on any atom is -0.371 e. The molecule has 1 nitrogen and oxygen atoms in total. The van der Waals surface area contributed by atoms with Crippen molar-refractivity contribution in [3.8, 4) is 0 Å². The molecule has 0 aromatic carbocycles. The topological polar surface area (TPSA) is 3.24 Å². The molecule has 0 aromatic rings. The summed E-state index contributed by atoms with van der Waals surface area (Å²) in [7, 11) is 0. The SMILES string of the molecule is C1=CCN2CCCCCC2=C1. The molecule has 60 valence electrons. The van der Waals surface area contributed by atoms with Crippen molar-refractivity contribution in [2.75, 3.05) is 13.1 Å². The molecule has 1 saturated heterocycles. The van der Waals surface area contributed by atoms with Gasteiger partial charge in [0.05, 0.1) is 0 Å². The van der Waals surface area contributed by atoms with Gasteiger partial charge < -0.3 is 4.90 Å². The van der Waals surface area contributed by atoms with Crippen molar-refractivity contribution in [2.24, 2.45) is 0 Å². The lowest BCUT2D eigenvalue weighted by molar-refractivity contribution is 0.376. The number of nitrogens with zero attached hydrogens (tertiary/aromatic N) is 1. The van der Waals surface area contributed by atoms with Gasteiger partial charge in [0.15, 0.2) is 0 Å². The van der Waals surface area contributed by atoms with Gasteiger partial charge in [-0.1, -0.05) is 18.6 Å². The molecule has 2 aliphatic rings. The highest BCUT2D eigenvalue weighted by Gasteiger charge is 2.12. The highest BCUT2D eigenvalue weighted by atomic mass is 15.1. The molecule has 0 aliphatic carbocycles. The van der Waals surface area contributed by atoms with Crippen LogP contribution in [0.4, 0.5) is 0 Å². The van der Waals surface area contributed by atoms with Gasteiger partial charge in [0, 0.05) is 18.8 Å². The monoisotopic (exact) mass is 149 g/mol. The van der Waals surface area contributed by atoms with E-state index in [9.17, 15) is 0 Å². The zero-order valence-corrected chi connectivity index (χ0v) is 6.92. The van der Waals surface area contributed by atoms with E-state index in [-0.39, 0.29) is 0 Å². The van der Waals surface area contributed by atoms with Crippen LogP contribution in [-0.4, -0.2) is 18.0 Å². The molecule has 11 heavy (non-hydrogen) atoms. The zero-order chi connectivity index (χ0) is 7.52. The van der Waals surface area contributed by atoms with Gasteiger partial charge in [0.2, 0.25) is 0 Å². The molecule has 1 heteroatoms. The van der Waals surface area contributed by atoms with Crippen LogP contribution in [-0.2, 0) is 0 Å². The van der Waals surface area contributed by atoms with E-state index in [1.54, 1.807) is 5.70 Å². The van der Waals surface area contributed by atoms with E-state index in [1.165, 1.54) is 32.2 Å². The van der Waals surface area contributed by atoms with Crippen LogP contribution < -0.4 is 0 Å². The Bertz CT molecular complexity index is 191. The Kier molecular flexibility index (Phi) is 1.97. The molecule has 2 heterocycles. The fourth-order valence-corrected chi connectivity index (χ4v) is 1.85. The number of fused-ring (bicyclic) bond motifs is 1. The van der Waals surface area contributed by atoms with Gasteiger partial charge in [-0.15, -0.1) is 0 Å². The summed E-state index contributed by atoms with van der Waals surface area (Å²) in [5.41, 5.74) is 1.56. The van der Waals surface area contributed by atoms with Crippen molar-refractivity contribution in [1.29, 1.82) is 0 Å². The van der Waals surface area contributed by atoms with Crippen molar-refractivity contribution < 1.29 is 0 Å². The Morgan fingerprint density at radius 3 is 3.18 bits per heavy atom. The zero-order valence-electron chi connectivity index (χ0n) is 6.92. The van der Waals surface area contributed by atoms with Crippen LogP contribution in [0.1, 0.15) is 25.7 Å². The normalized spacial score (nSPS) is 24.0. The van der Waals surface area contributed by atoms with E-state index in [0.29, 0.717) is 0 Å².